The Morgan fingerprint density at radius 2 is 2.20 bits per heavy atom. The fourth-order valence-electron chi connectivity index (χ4n) is 0.820. The van der Waals surface area contributed by atoms with E-state index < -0.39 is 0 Å². The molecule has 0 spiro atoms. The van der Waals surface area contributed by atoms with Crippen molar-refractivity contribution in [3.8, 4) is 0 Å². The molecule has 1 heteroatoms. The number of rotatable bonds is 1. The molecule has 0 bridgehead atoms. The van der Waals surface area contributed by atoms with Gasteiger partial charge in [-0.1, -0.05) is 46.3 Å². The minimum absolute atomic E-state index is 1.10. The standard InChI is InChI=1S/C9H9Br/c1-3-8-6-7(2)4-5-9(8)10/h3-6H,1H2,2H3. The van der Waals surface area contributed by atoms with Crippen LogP contribution in [0.3, 0.4) is 0 Å². The lowest BCUT2D eigenvalue weighted by atomic mass is 10.1. The molecule has 0 nitrogen and oxygen atoms in total. The van der Waals surface area contributed by atoms with Gasteiger partial charge in [0.2, 0.25) is 0 Å². The molecule has 0 fully saturated rings. The van der Waals surface area contributed by atoms with Gasteiger partial charge in [-0.05, 0) is 18.6 Å². The molecule has 1 aromatic rings. The quantitative estimate of drug-likeness (QED) is 0.647. The lowest BCUT2D eigenvalue weighted by molar-refractivity contribution is 1.44. The lowest BCUT2D eigenvalue weighted by Gasteiger charge is -1.98. The summed E-state index contributed by atoms with van der Waals surface area (Å²) in [4.78, 5) is 0. The molecule has 10 heavy (non-hydrogen) atoms. The van der Waals surface area contributed by atoms with Gasteiger partial charge in [-0.3, -0.25) is 0 Å². The zero-order valence-electron chi connectivity index (χ0n) is 5.89. The summed E-state index contributed by atoms with van der Waals surface area (Å²) in [6.45, 7) is 5.77. The van der Waals surface area contributed by atoms with Gasteiger partial charge >= 0.3 is 0 Å². The van der Waals surface area contributed by atoms with E-state index in [4.69, 9.17) is 0 Å². The second kappa shape index (κ2) is 3.02. The van der Waals surface area contributed by atoms with Gasteiger partial charge in [-0.2, -0.15) is 0 Å². The van der Waals surface area contributed by atoms with Crippen molar-refractivity contribution < 1.29 is 0 Å². The van der Waals surface area contributed by atoms with Gasteiger partial charge in [-0.15, -0.1) is 0 Å². The lowest BCUT2D eigenvalue weighted by Crippen LogP contribution is -1.76. The van der Waals surface area contributed by atoms with Crippen molar-refractivity contribution in [3.05, 3.63) is 40.4 Å². The first-order chi connectivity index (χ1) is 4.74. The fourth-order valence-corrected chi connectivity index (χ4v) is 1.23. The van der Waals surface area contributed by atoms with Crippen LogP contribution >= 0.6 is 15.9 Å². The minimum Gasteiger partial charge on any atom is -0.0984 e. The first-order valence-corrected chi connectivity index (χ1v) is 3.92. The number of aryl methyl sites for hydroxylation is 1. The normalized spacial score (nSPS) is 9.40. The first kappa shape index (κ1) is 7.55. The monoisotopic (exact) mass is 196 g/mol. The summed E-state index contributed by atoms with van der Waals surface area (Å²) in [5.41, 5.74) is 2.41. The Morgan fingerprint density at radius 1 is 1.50 bits per heavy atom. The minimum atomic E-state index is 1.10. The Morgan fingerprint density at radius 3 is 2.70 bits per heavy atom. The number of halogens is 1. The highest BCUT2D eigenvalue weighted by atomic mass is 79.9. The predicted molar refractivity (Wildman–Crippen MR) is 49.0 cm³/mol. The largest absolute Gasteiger partial charge is 0.0984 e. The van der Waals surface area contributed by atoms with Gasteiger partial charge in [0.05, 0.1) is 0 Å². The molecule has 0 saturated carbocycles. The summed E-state index contributed by atoms with van der Waals surface area (Å²) < 4.78 is 1.10. The van der Waals surface area contributed by atoms with Gasteiger partial charge in [0, 0.05) is 4.47 Å². The molecule has 0 aliphatic rings. The smallest absolute Gasteiger partial charge is 0.0247 e. The average molecular weight is 197 g/mol. The molecule has 0 atom stereocenters. The van der Waals surface area contributed by atoms with Crippen LogP contribution in [-0.2, 0) is 0 Å². The highest BCUT2D eigenvalue weighted by Crippen LogP contribution is 2.18. The maximum Gasteiger partial charge on any atom is 0.0247 e. The van der Waals surface area contributed by atoms with E-state index in [9.17, 15) is 0 Å². The molecule has 0 radical (unpaired) electrons. The van der Waals surface area contributed by atoms with Crippen molar-refractivity contribution in [2.45, 2.75) is 6.92 Å². The van der Waals surface area contributed by atoms with Crippen molar-refractivity contribution >= 4 is 22.0 Å². The molecule has 0 unspecified atom stereocenters. The Kier molecular flexibility index (Phi) is 2.28. The average Bonchev–Trinajstić information content (AvgIpc) is 1.94. The van der Waals surface area contributed by atoms with Crippen LogP contribution in [0.15, 0.2) is 29.3 Å². The first-order valence-electron chi connectivity index (χ1n) is 3.12. The third-order valence-corrected chi connectivity index (χ3v) is 2.09. The van der Waals surface area contributed by atoms with Crippen LogP contribution in [0.5, 0.6) is 0 Å². The van der Waals surface area contributed by atoms with E-state index in [0.29, 0.717) is 0 Å². The summed E-state index contributed by atoms with van der Waals surface area (Å²) >= 11 is 3.42. The van der Waals surface area contributed by atoms with Crippen LogP contribution in [0.1, 0.15) is 11.1 Å². The Hall–Kier alpha value is -0.560. The SMILES string of the molecule is C=Cc1cc(C)ccc1Br. The molecule has 0 heterocycles. The molecular formula is C9H9Br. The maximum atomic E-state index is 3.70. The maximum absolute atomic E-state index is 3.70. The van der Waals surface area contributed by atoms with Crippen LogP contribution in [0.25, 0.3) is 6.08 Å². The molecule has 0 saturated heterocycles. The summed E-state index contributed by atoms with van der Waals surface area (Å²) in [7, 11) is 0. The van der Waals surface area contributed by atoms with E-state index in [0.717, 1.165) is 10.0 Å². The molecule has 1 aromatic carbocycles. The Bertz CT molecular complexity index is 251. The molecule has 0 aliphatic heterocycles. The topological polar surface area (TPSA) is 0 Å². The molecule has 52 valence electrons. The van der Waals surface area contributed by atoms with E-state index >= 15 is 0 Å². The van der Waals surface area contributed by atoms with Gasteiger partial charge in [0.25, 0.3) is 0 Å². The van der Waals surface area contributed by atoms with Crippen LogP contribution < -0.4 is 0 Å². The van der Waals surface area contributed by atoms with E-state index in [1.54, 1.807) is 0 Å². The summed E-state index contributed by atoms with van der Waals surface area (Å²) in [6.07, 6.45) is 1.84. The van der Waals surface area contributed by atoms with Crippen LogP contribution in [0.4, 0.5) is 0 Å². The summed E-state index contributed by atoms with van der Waals surface area (Å²) in [5, 5.41) is 0. The van der Waals surface area contributed by atoms with E-state index in [1.807, 2.05) is 12.1 Å². The zero-order chi connectivity index (χ0) is 7.56. The van der Waals surface area contributed by atoms with Crippen LogP contribution in [0.2, 0.25) is 0 Å². The molecule has 0 aromatic heterocycles. The molecule has 0 amide bonds. The third kappa shape index (κ3) is 1.48. The third-order valence-electron chi connectivity index (χ3n) is 1.37. The van der Waals surface area contributed by atoms with Crippen LogP contribution in [0, 0.1) is 6.92 Å². The molecular weight excluding hydrogens is 188 g/mol. The summed E-state index contributed by atoms with van der Waals surface area (Å²) in [5.74, 6) is 0. The highest BCUT2D eigenvalue weighted by Gasteiger charge is 1.93. The van der Waals surface area contributed by atoms with E-state index in [1.165, 1.54) is 5.56 Å². The molecule has 0 aliphatic carbocycles. The van der Waals surface area contributed by atoms with Gasteiger partial charge in [0.1, 0.15) is 0 Å². The summed E-state index contributed by atoms with van der Waals surface area (Å²) in [6, 6.07) is 6.19. The fraction of sp³-hybridized carbons (Fsp3) is 0.111. The van der Waals surface area contributed by atoms with Crippen LogP contribution in [-0.4, -0.2) is 0 Å². The van der Waals surface area contributed by atoms with Crippen molar-refractivity contribution in [2.75, 3.05) is 0 Å². The highest BCUT2D eigenvalue weighted by molar-refractivity contribution is 9.10. The molecule has 1 rings (SSSR count). The zero-order valence-corrected chi connectivity index (χ0v) is 7.48. The Labute approximate surface area is 69.7 Å². The van der Waals surface area contributed by atoms with Gasteiger partial charge in [0.15, 0.2) is 0 Å². The molecule has 0 N–H and O–H groups in total. The number of benzene rings is 1. The van der Waals surface area contributed by atoms with Gasteiger partial charge in [-0.25, -0.2) is 0 Å². The Balaban J connectivity index is 3.21. The predicted octanol–water partition coefficient (Wildman–Crippen LogP) is 3.40. The van der Waals surface area contributed by atoms with E-state index in [-0.39, 0.29) is 0 Å². The van der Waals surface area contributed by atoms with Crippen molar-refractivity contribution in [1.29, 1.82) is 0 Å². The van der Waals surface area contributed by atoms with Crippen molar-refractivity contribution in [2.24, 2.45) is 0 Å². The number of hydrogen-bond donors (Lipinski definition) is 0. The van der Waals surface area contributed by atoms with Crippen molar-refractivity contribution in [3.63, 3.8) is 0 Å². The van der Waals surface area contributed by atoms with Gasteiger partial charge < -0.3 is 0 Å². The second-order valence-electron chi connectivity index (χ2n) is 2.23. The van der Waals surface area contributed by atoms with E-state index in [2.05, 4.69) is 41.6 Å². The van der Waals surface area contributed by atoms with Crippen molar-refractivity contribution in [1.82, 2.24) is 0 Å². The second-order valence-corrected chi connectivity index (χ2v) is 3.08. The number of hydrogen-bond acceptors (Lipinski definition) is 0.